The summed E-state index contributed by atoms with van der Waals surface area (Å²) in [6.07, 6.45) is 4.87. The van der Waals surface area contributed by atoms with Crippen molar-refractivity contribution in [3.63, 3.8) is 0 Å². The van der Waals surface area contributed by atoms with Crippen LogP contribution in [0.5, 0.6) is 0 Å². The Morgan fingerprint density at radius 3 is 2.82 bits per heavy atom. The van der Waals surface area contributed by atoms with Gasteiger partial charge < -0.3 is 9.32 Å². The summed E-state index contributed by atoms with van der Waals surface area (Å²) in [5, 5.41) is 0. The topological polar surface area (TPSA) is 33.5 Å². The number of nitrogens with zero attached hydrogens (tertiary/aromatic N) is 1. The zero-order valence-electron chi connectivity index (χ0n) is 10.3. The molecule has 4 heteroatoms. The van der Waals surface area contributed by atoms with Crippen LogP contribution in [0, 0.1) is 5.41 Å². The lowest BCUT2D eigenvalue weighted by molar-refractivity contribution is 0.0755. The molecule has 1 amide bonds. The van der Waals surface area contributed by atoms with Gasteiger partial charge in [-0.15, -0.1) is 0 Å². The Labute approximate surface area is 110 Å². The van der Waals surface area contributed by atoms with Gasteiger partial charge in [0.1, 0.15) is 0 Å². The predicted molar refractivity (Wildman–Crippen MR) is 69.9 cm³/mol. The van der Waals surface area contributed by atoms with E-state index in [4.69, 9.17) is 4.42 Å². The summed E-state index contributed by atoms with van der Waals surface area (Å²) in [4.78, 5) is 14.2. The average molecular weight is 300 g/mol. The summed E-state index contributed by atoms with van der Waals surface area (Å²) >= 11 is 3.26. The van der Waals surface area contributed by atoms with Gasteiger partial charge in [0.15, 0.2) is 4.67 Å². The quantitative estimate of drug-likeness (QED) is 0.792. The van der Waals surface area contributed by atoms with Gasteiger partial charge >= 0.3 is 0 Å². The fourth-order valence-corrected chi connectivity index (χ4v) is 2.65. The Balaban J connectivity index is 2.08. The highest BCUT2D eigenvalue weighted by molar-refractivity contribution is 9.10. The third-order valence-electron chi connectivity index (χ3n) is 3.48. The van der Waals surface area contributed by atoms with Crippen LogP contribution in [0.15, 0.2) is 21.4 Å². The number of carbonyl (C=O) groups excluding carboxylic acids is 1. The molecular weight excluding hydrogens is 282 g/mol. The first-order chi connectivity index (χ1) is 7.99. The van der Waals surface area contributed by atoms with Crippen molar-refractivity contribution in [1.82, 2.24) is 4.90 Å². The van der Waals surface area contributed by atoms with Crippen LogP contribution in [0.3, 0.4) is 0 Å². The second kappa shape index (κ2) is 4.84. The fraction of sp³-hybridized carbons (Fsp3) is 0.615. The molecular formula is C13H18BrNO2. The zero-order valence-corrected chi connectivity index (χ0v) is 11.9. The summed E-state index contributed by atoms with van der Waals surface area (Å²) in [6.45, 7) is 6.23. The molecule has 17 heavy (non-hydrogen) atoms. The van der Waals surface area contributed by atoms with E-state index in [9.17, 15) is 4.79 Å². The number of furan rings is 1. The Kier molecular flexibility index (Phi) is 3.61. The summed E-state index contributed by atoms with van der Waals surface area (Å²) in [5.74, 6) is 0.0725. The van der Waals surface area contributed by atoms with Crippen LogP contribution in [0.25, 0.3) is 0 Å². The summed E-state index contributed by atoms with van der Waals surface area (Å²) < 4.78 is 5.65. The van der Waals surface area contributed by atoms with Gasteiger partial charge in [0, 0.05) is 13.1 Å². The monoisotopic (exact) mass is 299 g/mol. The molecule has 1 fully saturated rings. The lowest BCUT2D eigenvalue weighted by Crippen LogP contribution is -2.32. The van der Waals surface area contributed by atoms with Crippen molar-refractivity contribution in [2.24, 2.45) is 5.41 Å². The molecule has 0 aromatic carbocycles. The minimum Gasteiger partial charge on any atom is -0.457 e. The highest BCUT2D eigenvalue weighted by atomic mass is 79.9. The molecule has 2 rings (SSSR count). The molecule has 3 nitrogen and oxygen atoms in total. The predicted octanol–water partition coefficient (Wildman–Crippen LogP) is 3.69. The molecule has 0 saturated carbocycles. The standard InChI is InChI=1S/C13H18BrNO2/c1-13(2)5-3-7-15(8-6-13)12(16)10-4-9-17-11(10)14/h4,9H,3,5-8H2,1-2H3. The molecule has 1 aliphatic heterocycles. The van der Waals surface area contributed by atoms with E-state index in [1.807, 2.05) is 4.90 Å². The van der Waals surface area contributed by atoms with Crippen molar-refractivity contribution in [2.75, 3.05) is 13.1 Å². The second-order valence-electron chi connectivity index (χ2n) is 5.42. The van der Waals surface area contributed by atoms with Crippen molar-refractivity contribution in [2.45, 2.75) is 33.1 Å². The van der Waals surface area contributed by atoms with Crippen LogP contribution >= 0.6 is 15.9 Å². The van der Waals surface area contributed by atoms with Crippen molar-refractivity contribution in [3.05, 3.63) is 22.6 Å². The van der Waals surface area contributed by atoms with E-state index in [1.165, 1.54) is 6.42 Å². The Hall–Kier alpha value is -0.770. The van der Waals surface area contributed by atoms with E-state index in [-0.39, 0.29) is 5.91 Å². The lowest BCUT2D eigenvalue weighted by atomic mass is 9.85. The number of hydrogen-bond donors (Lipinski definition) is 0. The van der Waals surface area contributed by atoms with E-state index in [0.717, 1.165) is 25.9 Å². The maximum atomic E-state index is 12.3. The maximum Gasteiger partial charge on any atom is 0.258 e. The molecule has 2 heterocycles. The molecule has 0 atom stereocenters. The zero-order chi connectivity index (χ0) is 12.5. The highest BCUT2D eigenvalue weighted by Crippen LogP contribution is 2.30. The van der Waals surface area contributed by atoms with Crippen molar-refractivity contribution in [3.8, 4) is 0 Å². The molecule has 1 aliphatic rings. The number of carbonyl (C=O) groups is 1. The summed E-state index contributed by atoms with van der Waals surface area (Å²) in [5.41, 5.74) is 0.979. The van der Waals surface area contributed by atoms with E-state index in [2.05, 4.69) is 29.8 Å². The normalized spacial score (nSPS) is 20.1. The van der Waals surface area contributed by atoms with Crippen molar-refractivity contribution >= 4 is 21.8 Å². The first-order valence-electron chi connectivity index (χ1n) is 6.02. The van der Waals surface area contributed by atoms with E-state index < -0.39 is 0 Å². The number of amides is 1. The molecule has 1 aromatic rings. The lowest BCUT2D eigenvalue weighted by Gasteiger charge is -2.23. The first-order valence-corrected chi connectivity index (χ1v) is 6.81. The molecule has 0 radical (unpaired) electrons. The Bertz CT molecular complexity index is 411. The van der Waals surface area contributed by atoms with Gasteiger partial charge in [0.25, 0.3) is 5.91 Å². The molecule has 0 spiro atoms. The third-order valence-corrected chi connectivity index (χ3v) is 4.09. The highest BCUT2D eigenvalue weighted by Gasteiger charge is 2.27. The minimum atomic E-state index is 0.0725. The van der Waals surface area contributed by atoms with Crippen LogP contribution in [0.2, 0.25) is 0 Å². The smallest absolute Gasteiger partial charge is 0.258 e. The van der Waals surface area contributed by atoms with Crippen molar-refractivity contribution in [1.29, 1.82) is 0 Å². The van der Waals surface area contributed by atoms with Gasteiger partial charge in [-0.2, -0.15) is 0 Å². The average Bonchev–Trinajstić information content (AvgIpc) is 2.59. The summed E-state index contributed by atoms with van der Waals surface area (Å²) in [7, 11) is 0. The van der Waals surface area contributed by atoms with E-state index >= 15 is 0 Å². The molecule has 94 valence electrons. The largest absolute Gasteiger partial charge is 0.457 e. The molecule has 0 aliphatic carbocycles. The number of halogens is 1. The Morgan fingerprint density at radius 1 is 1.41 bits per heavy atom. The van der Waals surface area contributed by atoms with E-state index in [0.29, 0.717) is 15.6 Å². The van der Waals surface area contributed by atoms with Gasteiger partial charge in [-0.05, 0) is 46.7 Å². The third kappa shape index (κ3) is 2.92. The summed E-state index contributed by atoms with van der Waals surface area (Å²) in [6, 6.07) is 1.72. The molecule has 1 aromatic heterocycles. The number of hydrogen-bond acceptors (Lipinski definition) is 2. The fourth-order valence-electron chi connectivity index (χ4n) is 2.24. The van der Waals surface area contributed by atoms with Crippen molar-refractivity contribution < 1.29 is 9.21 Å². The van der Waals surface area contributed by atoms with Crippen LogP contribution in [-0.2, 0) is 0 Å². The van der Waals surface area contributed by atoms with E-state index in [1.54, 1.807) is 12.3 Å². The minimum absolute atomic E-state index is 0.0725. The molecule has 0 N–H and O–H groups in total. The molecule has 0 unspecified atom stereocenters. The first kappa shape index (κ1) is 12.7. The molecule has 1 saturated heterocycles. The number of likely N-dealkylation sites (tertiary alicyclic amines) is 1. The van der Waals surface area contributed by atoms with Crippen LogP contribution in [0.4, 0.5) is 0 Å². The van der Waals surface area contributed by atoms with Gasteiger partial charge in [0.2, 0.25) is 0 Å². The van der Waals surface area contributed by atoms with Crippen LogP contribution in [-0.4, -0.2) is 23.9 Å². The van der Waals surface area contributed by atoms with Gasteiger partial charge in [-0.3, -0.25) is 4.79 Å². The molecule has 0 bridgehead atoms. The van der Waals surface area contributed by atoms with Crippen LogP contribution in [0.1, 0.15) is 43.5 Å². The Morgan fingerprint density at radius 2 is 2.18 bits per heavy atom. The van der Waals surface area contributed by atoms with Crippen LogP contribution < -0.4 is 0 Å². The second-order valence-corrected chi connectivity index (χ2v) is 6.14. The van der Waals surface area contributed by atoms with Gasteiger partial charge in [-0.1, -0.05) is 13.8 Å². The number of rotatable bonds is 1. The van der Waals surface area contributed by atoms with Gasteiger partial charge in [0.05, 0.1) is 11.8 Å². The SMILES string of the molecule is CC1(C)CCCN(C(=O)c2ccoc2Br)CC1. The van der Waals surface area contributed by atoms with Gasteiger partial charge in [-0.25, -0.2) is 0 Å². The maximum absolute atomic E-state index is 12.3.